The molecule has 0 radical (unpaired) electrons. The Kier molecular flexibility index (Phi) is 5.65. The summed E-state index contributed by atoms with van der Waals surface area (Å²) in [6.45, 7) is 6.07. The van der Waals surface area contributed by atoms with E-state index in [0.29, 0.717) is 13.1 Å². The van der Waals surface area contributed by atoms with Crippen LogP contribution in [0.15, 0.2) is 18.2 Å². The van der Waals surface area contributed by atoms with Crippen molar-refractivity contribution in [1.29, 1.82) is 0 Å². The third kappa shape index (κ3) is 4.04. The SMILES string of the molecule is CNCC(=O)NCCN(C)c1cccc(C)c1C. The molecule has 2 N–H and O–H groups in total. The summed E-state index contributed by atoms with van der Waals surface area (Å²) in [7, 11) is 3.81. The lowest BCUT2D eigenvalue weighted by atomic mass is 10.1. The molecule has 0 spiro atoms. The number of hydrogen-bond donors (Lipinski definition) is 2. The molecule has 100 valence electrons. The third-order valence-corrected chi connectivity index (χ3v) is 3.09. The third-order valence-electron chi connectivity index (χ3n) is 3.09. The lowest BCUT2D eigenvalue weighted by molar-refractivity contribution is -0.120. The Hall–Kier alpha value is -1.55. The number of carbonyl (C=O) groups excluding carboxylic acids is 1. The molecule has 0 fully saturated rings. The molecule has 0 saturated carbocycles. The molecule has 4 heteroatoms. The van der Waals surface area contributed by atoms with E-state index in [-0.39, 0.29) is 5.91 Å². The highest BCUT2D eigenvalue weighted by atomic mass is 16.1. The fourth-order valence-electron chi connectivity index (χ4n) is 1.86. The van der Waals surface area contributed by atoms with Gasteiger partial charge in [0, 0.05) is 25.8 Å². The lowest BCUT2D eigenvalue weighted by Gasteiger charge is -2.22. The molecular weight excluding hydrogens is 226 g/mol. The Morgan fingerprint density at radius 1 is 1.33 bits per heavy atom. The van der Waals surface area contributed by atoms with Crippen LogP contribution < -0.4 is 15.5 Å². The summed E-state index contributed by atoms with van der Waals surface area (Å²) in [4.78, 5) is 13.5. The van der Waals surface area contributed by atoms with Crippen molar-refractivity contribution in [2.45, 2.75) is 13.8 Å². The number of rotatable bonds is 6. The van der Waals surface area contributed by atoms with Gasteiger partial charge < -0.3 is 15.5 Å². The topological polar surface area (TPSA) is 44.4 Å². The summed E-state index contributed by atoms with van der Waals surface area (Å²) in [5.41, 5.74) is 3.80. The number of hydrogen-bond acceptors (Lipinski definition) is 3. The van der Waals surface area contributed by atoms with Gasteiger partial charge in [-0.15, -0.1) is 0 Å². The predicted octanol–water partition coefficient (Wildman–Crippen LogP) is 1.08. The molecule has 1 aromatic carbocycles. The van der Waals surface area contributed by atoms with Gasteiger partial charge in [-0.25, -0.2) is 0 Å². The van der Waals surface area contributed by atoms with E-state index in [2.05, 4.69) is 47.6 Å². The molecule has 18 heavy (non-hydrogen) atoms. The minimum Gasteiger partial charge on any atom is -0.373 e. The second kappa shape index (κ2) is 7.01. The van der Waals surface area contributed by atoms with Gasteiger partial charge in [-0.2, -0.15) is 0 Å². The molecule has 0 aromatic heterocycles. The molecule has 1 aromatic rings. The van der Waals surface area contributed by atoms with Crippen molar-refractivity contribution >= 4 is 11.6 Å². The summed E-state index contributed by atoms with van der Waals surface area (Å²) in [6.07, 6.45) is 0. The van der Waals surface area contributed by atoms with Crippen LogP contribution >= 0.6 is 0 Å². The molecule has 1 amide bonds. The molecule has 4 nitrogen and oxygen atoms in total. The second-order valence-corrected chi connectivity index (χ2v) is 4.52. The van der Waals surface area contributed by atoms with Crippen LogP contribution in [0.1, 0.15) is 11.1 Å². The molecule has 0 atom stereocenters. The molecule has 0 heterocycles. The highest BCUT2D eigenvalue weighted by Crippen LogP contribution is 2.20. The Morgan fingerprint density at radius 3 is 2.72 bits per heavy atom. The number of nitrogens with one attached hydrogen (secondary N) is 2. The molecule has 0 aliphatic carbocycles. The standard InChI is InChI=1S/C14H23N3O/c1-11-6-5-7-13(12(11)2)17(4)9-8-16-14(18)10-15-3/h5-7,15H,8-10H2,1-4H3,(H,16,18). The van der Waals surface area contributed by atoms with E-state index in [1.807, 2.05) is 7.05 Å². The van der Waals surface area contributed by atoms with Crippen LogP contribution in [0.3, 0.4) is 0 Å². The first kappa shape index (κ1) is 14.5. The first-order valence-electron chi connectivity index (χ1n) is 6.25. The number of amides is 1. The summed E-state index contributed by atoms with van der Waals surface area (Å²) < 4.78 is 0. The first-order valence-corrected chi connectivity index (χ1v) is 6.25. The quantitative estimate of drug-likeness (QED) is 0.793. The summed E-state index contributed by atoms with van der Waals surface area (Å²) in [5, 5.41) is 5.70. The number of carbonyl (C=O) groups is 1. The van der Waals surface area contributed by atoms with E-state index in [9.17, 15) is 4.79 Å². The summed E-state index contributed by atoms with van der Waals surface area (Å²) >= 11 is 0. The van der Waals surface area contributed by atoms with Crippen LogP contribution in [0.5, 0.6) is 0 Å². The fourth-order valence-corrected chi connectivity index (χ4v) is 1.86. The van der Waals surface area contributed by atoms with E-state index >= 15 is 0 Å². The predicted molar refractivity (Wildman–Crippen MR) is 76.1 cm³/mol. The van der Waals surface area contributed by atoms with Crippen LogP contribution in [0.4, 0.5) is 5.69 Å². The van der Waals surface area contributed by atoms with E-state index in [4.69, 9.17) is 0 Å². The Labute approximate surface area is 109 Å². The van der Waals surface area contributed by atoms with Gasteiger partial charge in [-0.1, -0.05) is 12.1 Å². The Morgan fingerprint density at radius 2 is 2.06 bits per heavy atom. The number of likely N-dealkylation sites (N-methyl/N-ethyl adjacent to an activating group) is 2. The van der Waals surface area contributed by atoms with Crippen molar-refractivity contribution < 1.29 is 4.79 Å². The Bertz CT molecular complexity index is 404. The summed E-state index contributed by atoms with van der Waals surface area (Å²) in [5.74, 6) is 0.0341. The highest BCUT2D eigenvalue weighted by Gasteiger charge is 2.06. The van der Waals surface area contributed by atoms with E-state index in [0.717, 1.165) is 6.54 Å². The smallest absolute Gasteiger partial charge is 0.234 e. The number of anilines is 1. The van der Waals surface area contributed by atoms with Gasteiger partial charge in [0.1, 0.15) is 0 Å². The van der Waals surface area contributed by atoms with Gasteiger partial charge >= 0.3 is 0 Å². The molecule has 0 aliphatic heterocycles. The number of nitrogens with zero attached hydrogens (tertiary/aromatic N) is 1. The molecule has 0 aliphatic rings. The van der Waals surface area contributed by atoms with Crippen LogP contribution in [0.2, 0.25) is 0 Å². The van der Waals surface area contributed by atoms with Gasteiger partial charge in [0.05, 0.1) is 6.54 Å². The van der Waals surface area contributed by atoms with Crippen molar-refractivity contribution in [3.63, 3.8) is 0 Å². The Balaban J connectivity index is 2.48. The maximum Gasteiger partial charge on any atom is 0.234 e. The van der Waals surface area contributed by atoms with Crippen LogP contribution in [-0.4, -0.2) is 39.6 Å². The van der Waals surface area contributed by atoms with Crippen LogP contribution in [0, 0.1) is 13.8 Å². The second-order valence-electron chi connectivity index (χ2n) is 4.52. The van der Waals surface area contributed by atoms with Gasteiger partial charge in [0.15, 0.2) is 0 Å². The largest absolute Gasteiger partial charge is 0.373 e. The maximum absolute atomic E-state index is 11.3. The molecule has 0 bridgehead atoms. The normalized spacial score (nSPS) is 10.2. The van der Waals surface area contributed by atoms with E-state index in [1.54, 1.807) is 7.05 Å². The van der Waals surface area contributed by atoms with E-state index < -0.39 is 0 Å². The van der Waals surface area contributed by atoms with Crippen molar-refractivity contribution in [1.82, 2.24) is 10.6 Å². The zero-order valence-corrected chi connectivity index (χ0v) is 11.7. The zero-order valence-electron chi connectivity index (χ0n) is 11.7. The van der Waals surface area contributed by atoms with Gasteiger partial charge in [-0.3, -0.25) is 4.79 Å². The van der Waals surface area contributed by atoms with Gasteiger partial charge in [0.25, 0.3) is 0 Å². The number of aryl methyl sites for hydroxylation is 1. The monoisotopic (exact) mass is 249 g/mol. The van der Waals surface area contributed by atoms with Crippen LogP contribution in [0.25, 0.3) is 0 Å². The number of benzene rings is 1. The van der Waals surface area contributed by atoms with E-state index in [1.165, 1.54) is 16.8 Å². The molecular formula is C14H23N3O. The minimum absolute atomic E-state index is 0.0341. The highest BCUT2D eigenvalue weighted by molar-refractivity contribution is 5.77. The molecule has 1 rings (SSSR count). The average Bonchev–Trinajstić information content (AvgIpc) is 2.33. The minimum atomic E-state index is 0.0341. The van der Waals surface area contributed by atoms with Crippen molar-refractivity contribution in [2.75, 3.05) is 38.6 Å². The zero-order chi connectivity index (χ0) is 13.5. The van der Waals surface area contributed by atoms with Crippen molar-refractivity contribution in [2.24, 2.45) is 0 Å². The first-order chi connectivity index (χ1) is 8.56. The van der Waals surface area contributed by atoms with Crippen molar-refractivity contribution in [3.05, 3.63) is 29.3 Å². The van der Waals surface area contributed by atoms with Gasteiger partial charge in [-0.05, 0) is 38.1 Å². The average molecular weight is 249 g/mol. The molecule has 0 unspecified atom stereocenters. The molecule has 0 saturated heterocycles. The maximum atomic E-state index is 11.3. The lowest BCUT2D eigenvalue weighted by Crippen LogP contribution is -2.37. The fraction of sp³-hybridized carbons (Fsp3) is 0.500. The van der Waals surface area contributed by atoms with Gasteiger partial charge in [0.2, 0.25) is 5.91 Å². The van der Waals surface area contributed by atoms with Crippen LogP contribution in [-0.2, 0) is 4.79 Å². The van der Waals surface area contributed by atoms with Crippen molar-refractivity contribution in [3.8, 4) is 0 Å². The summed E-state index contributed by atoms with van der Waals surface area (Å²) in [6, 6.07) is 6.28.